The van der Waals surface area contributed by atoms with Gasteiger partial charge in [0.05, 0.1) is 5.56 Å². The molecule has 0 aliphatic rings. The first kappa shape index (κ1) is 15.3. The highest BCUT2D eigenvalue weighted by atomic mass is 16.3. The van der Waals surface area contributed by atoms with E-state index in [4.69, 9.17) is 4.42 Å². The third-order valence-electron chi connectivity index (χ3n) is 3.69. The molecule has 4 nitrogen and oxygen atoms in total. The number of furan rings is 1. The molecule has 0 fully saturated rings. The molecule has 3 rings (SSSR count). The molecule has 23 heavy (non-hydrogen) atoms. The molecule has 3 aromatic rings. The Hall–Kier alpha value is -2.59. The molecule has 0 unspecified atom stereocenters. The molecule has 1 amide bonds. The van der Waals surface area contributed by atoms with Gasteiger partial charge in [-0.2, -0.15) is 0 Å². The Morgan fingerprint density at radius 2 is 1.87 bits per heavy atom. The number of carbonyl (C=O) groups is 1. The molecule has 118 valence electrons. The molecule has 0 atom stereocenters. The van der Waals surface area contributed by atoms with E-state index in [2.05, 4.69) is 5.32 Å². The van der Waals surface area contributed by atoms with Crippen LogP contribution in [0.4, 0.5) is 0 Å². The standard InChI is InChI=1S/C19H20N2O2/c1-21(2)12-11-20-19(22)16-10-6-9-15-13-17(23-18(15)16)14-7-4-3-5-8-14/h3-10,13H,11-12H2,1-2H3,(H,20,22). The molecular formula is C19H20N2O2. The lowest BCUT2D eigenvalue weighted by atomic mass is 10.1. The normalized spacial score (nSPS) is 11.1. The number of para-hydroxylation sites is 1. The van der Waals surface area contributed by atoms with Gasteiger partial charge in [0, 0.05) is 24.0 Å². The van der Waals surface area contributed by atoms with Gasteiger partial charge in [-0.1, -0.05) is 42.5 Å². The maximum Gasteiger partial charge on any atom is 0.255 e. The molecule has 0 saturated heterocycles. The summed E-state index contributed by atoms with van der Waals surface area (Å²) in [4.78, 5) is 14.4. The molecule has 0 aliphatic carbocycles. The van der Waals surface area contributed by atoms with Crippen molar-refractivity contribution in [3.05, 3.63) is 60.2 Å². The summed E-state index contributed by atoms with van der Waals surface area (Å²) in [5.74, 6) is 0.667. The summed E-state index contributed by atoms with van der Waals surface area (Å²) in [6.07, 6.45) is 0. The summed E-state index contributed by atoms with van der Waals surface area (Å²) in [7, 11) is 3.96. The lowest BCUT2D eigenvalue weighted by molar-refractivity contribution is 0.0952. The minimum Gasteiger partial charge on any atom is -0.455 e. The summed E-state index contributed by atoms with van der Waals surface area (Å²) in [6, 6.07) is 17.5. The van der Waals surface area contributed by atoms with Crippen molar-refractivity contribution in [3.8, 4) is 11.3 Å². The maximum atomic E-state index is 12.4. The van der Waals surface area contributed by atoms with E-state index >= 15 is 0 Å². The Morgan fingerprint density at radius 3 is 2.61 bits per heavy atom. The average Bonchev–Trinajstić information content (AvgIpc) is 2.99. The van der Waals surface area contributed by atoms with E-state index < -0.39 is 0 Å². The van der Waals surface area contributed by atoms with Gasteiger partial charge >= 0.3 is 0 Å². The van der Waals surface area contributed by atoms with E-state index in [0.29, 0.717) is 17.7 Å². The van der Waals surface area contributed by atoms with E-state index in [0.717, 1.165) is 23.3 Å². The van der Waals surface area contributed by atoms with Crippen molar-refractivity contribution in [2.45, 2.75) is 0 Å². The second-order valence-electron chi connectivity index (χ2n) is 5.76. The second-order valence-corrected chi connectivity index (χ2v) is 5.76. The zero-order valence-corrected chi connectivity index (χ0v) is 13.4. The van der Waals surface area contributed by atoms with E-state index in [-0.39, 0.29) is 5.91 Å². The third kappa shape index (κ3) is 3.43. The number of likely N-dealkylation sites (N-methyl/N-ethyl adjacent to an activating group) is 1. The molecule has 0 radical (unpaired) electrons. The molecular weight excluding hydrogens is 288 g/mol. The fourth-order valence-electron chi connectivity index (χ4n) is 2.47. The van der Waals surface area contributed by atoms with Crippen LogP contribution in [0.1, 0.15) is 10.4 Å². The van der Waals surface area contributed by atoms with Crippen LogP contribution in [0.3, 0.4) is 0 Å². The fourth-order valence-corrected chi connectivity index (χ4v) is 2.47. The van der Waals surface area contributed by atoms with Crippen molar-refractivity contribution in [3.63, 3.8) is 0 Å². The van der Waals surface area contributed by atoms with Crippen LogP contribution in [0.15, 0.2) is 59.0 Å². The van der Waals surface area contributed by atoms with E-state index in [1.165, 1.54) is 0 Å². The van der Waals surface area contributed by atoms with Gasteiger partial charge in [0.15, 0.2) is 0 Å². The summed E-state index contributed by atoms with van der Waals surface area (Å²) in [5, 5.41) is 3.87. The second kappa shape index (κ2) is 6.67. The molecule has 0 aliphatic heterocycles. The first-order valence-electron chi connectivity index (χ1n) is 7.66. The lowest BCUT2D eigenvalue weighted by Crippen LogP contribution is -2.31. The van der Waals surface area contributed by atoms with Crippen LogP contribution >= 0.6 is 0 Å². The number of hydrogen-bond acceptors (Lipinski definition) is 3. The van der Waals surface area contributed by atoms with Gasteiger partial charge in [0.2, 0.25) is 0 Å². The smallest absolute Gasteiger partial charge is 0.255 e. The topological polar surface area (TPSA) is 45.5 Å². The fraction of sp³-hybridized carbons (Fsp3) is 0.211. The Morgan fingerprint density at radius 1 is 1.09 bits per heavy atom. The number of hydrogen-bond donors (Lipinski definition) is 1. The van der Waals surface area contributed by atoms with Gasteiger partial charge in [-0.25, -0.2) is 0 Å². The number of carbonyl (C=O) groups excluding carboxylic acids is 1. The number of fused-ring (bicyclic) bond motifs is 1. The third-order valence-corrected chi connectivity index (χ3v) is 3.69. The SMILES string of the molecule is CN(C)CCNC(=O)c1cccc2cc(-c3ccccc3)oc12. The zero-order chi connectivity index (χ0) is 16.2. The van der Waals surface area contributed by atoms with E-state index in [1.54, 1.807) is 6.07 Å². The molecule has 0 spiro atoms. The highest BCUT2D eigenvalue weighted by Crippen LogP contribution is 2.29. The van der Waals surface area contributed by atoms with E-state index in [9.17, 15) is 4.79 Å². The summed E-state index contributed by atoms with van der Waals surface area (Å²) >= 11 is 0. The molecule has 4 heteroatoms. The van der Waals surface area contributed by atoms with Crippen LogP contribution in [-0.2, 0) is 0 Å². The number of nitrogens with zero attached hydrogens (tertiary/aromatic N) is 1. The van der Waals surface area contributed by atoms with Crippen molar-refractivity contribution in [2.75, 3.05) is 27.2 Å². The largest absolute Gasteiger partial charge is 0.455 e. The van der Waals surface area contributed by atoms with Gasteiger partial charge in [0.25, 0.3) is 5.91 Å². The van der Waals surface area contributed by atoms with Crippen LogP contribution in [0, 0.1) is 0 Å². The van der Waals surface area contributed by atoms with Crippen LogP contribution in [0.25, 0.3) is 22.3 Å². The summed E-state index contributed by atoms with van der Waals surface area (Å²) < 4.78 is 5.96. The zero-order valence-electron chi connectivity index (χ0n) is 13.4. The van der Waals surface area contributed by atoms with Gasteiger partial charge in [-0.3, -0.25) is 4.79 Å². The Labute approximate surface area is 135 Å². The number of rotatable bonds is 5. The van der Waals surface area contributed by atoms with Crippen LogP contribution < -0.4 is 5.32 Å². The molecule has 0 saturated carbocycles. The molecule has 1 aromatic heterocycles. The Kier molecular flexibility index (Phi) is 4.44. The first-order chi connectivity index (χ1) is 11.1. The van der Waals surface area contributed by atoms with Crippen molar-refractivity contribution >= 4 is 16.9 Å². The van der Waals surface area contributed by atoms with Gasteiger partial charge in [0.1, 0.15) is 11.3 Å². The van der Waals surface area contributed by atoms with Crippen LogP contribution in [0.5, 0.6) is 0 Å². The predicted octanol–water partition coefficient (Wildman–Crippen LogP) is 3.39. The Balaban J connectivity index is 1.89. The molecule has 1 N–H and O–H groups in total. The minimum atomic E-state index is -0.105. The van der Waals surface area contributed by atoms with Crippen LogP contribution in [0.2, 0.25) is 0 Å². The minimum absolute atomic E-state index is 0.105. The van der Waals surface area contributed by atoms with Gasteiger partial charge in [-0.05, 0) is 26.2 Å². The van der Waals surface area contributed by atoms with Crippen molar-refractivity contribution in [1.29, 1.82) is 0 Å². The summed E-state index contributed by atoms with van der Waals surface area (Å²) in [5.41, 5.74) is 2.21. The number of benzene rings is 2. The lowest BCUT2D eigenvalue weighted by Gasteiger charge is -2.10. The number of nitrogens with one attached hydrogen (secondary N) is 1. The maximum absolute atomic E-state index is 12.4. The first-order valence-corrected chi connectivity index (χ1v) is 7.66. The van der Waals surface area contributed by atoms with Gasteiger partial charge < -0.3 is 14.6 Å². The highest BCUT2D eigenvalue weighted by Gasteiger charge is 2.14. The van der Waals surface area contributed by atoms with Crippen molar-refractivity contribution in [2.24, 2.45) is 0 Å². The molecule has 2 aromatic carbocycles. The monoisotopic (exact) mass is 308 g/mol. The summed E-state index contributed by atoms with van der Waals surface area (Å²) in [6.45, 7) is 1.41. The van der Waals surface area contributed by atoms with Crippen molar-refractivity contribution in [1.82, 2.24) is 10.2 Å². The molecule has 0 bridgehead atoms. The highest BCUT2D eigenvalue weighted by molar-refractivity contribution is 6.05. The number of amides is 1. The van der Waals surface area contributed by atoms with Gasteiger partial charge in [-0.15, -0.1) is 0 Å². The quantitative estimate of drug-likeness (QED) is 0.786. The molecule has 1 heterocycles. The van der Waals surface area contributed by atoms with E-state index in [1.807, 2.05) is 67.5 Å². The van der Waals surface area contributed by atoms with Crippen LogP contribution in [-0.4, -0.2) is 38.0 Å². The Bertz CT molecular complexity index is 807. The average molecular weight is 308 g/mol. The predicted molar refractivity (Wildman–Crippen MR) is 92.5 cm³/mol. The van der Waals surface area contributed by atoms with Crippen molar-refractivity contribution < 1.29 is 9.21 Å².